The molecule has 0 spiro atoms. The summed E-state index contributed by atoms with van der Waals surface area (Å²) in [4.78, 5) is 22.5. The summed E-state index contributed by atoms with van der Waals surface area (Å²) in [6.45, 7) is 2.49. The van der Waals surface area contributed by atoms with Crippen molar-refractivity contribution in [1.82, 2.24) is 5.32 Å². The Morgan fingerprint density at radius 2 is 1.81 bits per heavy atom. The summed E-state index contributed by atoms with van der Waals surface area (Å²) in [6.07, 6.45) is 0.867. The van der Waals surface area contributed by atoms with E-state index in [0.717, 1.165) is 17.5 Å². The van der Waals surface area contributed by atoms with Crippen LogP contribution in [0.4, 0.5) is 10.5 Å². The zero-order valence-electron chi connectivity index (χ0n) is 15.0. The molecule has 0 saturated heterocycles. The van der Waals surface area contributed by atoms with Gasteiger partial charge in [0, 0.05) is 12.2 Å². The molecule has 27 heavy (non-hydrogen) atoms. The first kappa shape index (κ1) is 22.3. The maximum atomic E-state index is 11.8. The van der Waals surface area contributed by atoms with Crippen molar-refractivity contribution < 1.29 is 19.4 Å². The quantitative estimate of drug-likeness (QED) is 0.550. The number of nitrogens with two attached hydrogens (primary N) is 1. The second-order valence-corrected chi connectivity index (χ2v) is 5.75. The molecule has 2 rings (SSSR count). The number of hydrogen-bond acceptors (Lipinski definition) is 4. The molecule has 146 valence electrons. The number of carboxylic acid groups (broad SMARTS) is 1. The van der Waals surface area contributed by atoms with Crippen LogP contribution in [0, 0.1) is 0 Å². The monoisotopic (exact) mass is 393 g/mol. The third-order valence-corrected chi connectivity index (χ3v) is 3.57. The summed E-state index contributed by atoms with van der Waals surface area (Å²) >= 11 is 0. The summed E-state index contributed by atoms with van der Waals surface area (Å²) in [5.74, 6) is -0.584. The molecule has 7 nitrogen and oxygen atoms in total. The average molecular weight is 394 g/mol. The number of amides is 2. The van der Waals surface area contributed by atoms with E-state index in [1.54, 1.807) is 18.2 Å². The average Bonchev–Trinajstić information content (AvgIpc) is 2.64. The van der Waals surface area contributed by atoms with Crippen molar-refractivity contribution in [2.45, 2.75) is 19.4 Å². The highest BCUT2D eigenvalue weighted by Crippen LogP contribution is 2.26. The summed E-state index contributed by atoms with van der Waals surface area (Å²) in [5.41, 5.74) is 7.89. The minimum Gasteiger partial charge on any atom is -0.491 e. The van der Waals surface area contributed by atoms with E-state index in [-0.39, 0.29) is 25.0 Å². The summed E-state index contributed by atoms with van der Waals surface area (Å²) in [5, 5.41) is 14.4. The van der Waals surface area contributed by atoms with Crippen LogP contribution in [0.3, 0.4) is 0 Å². The van der Waals surface area contributed by atoms with Crippen LogP contribution in [0.2, 0.25) is 0 Å². The maximum absolute atomic E-state index is 11.8. The van der Waals surface area contributed by atoms with Gasteiger partial charge in [-0.25, -0.2) is 4.79 Å². The van der Waals surface area contributed by atoms with Crippen molar-refractivity contribution in [3.8, 4) is 16.9 Å². The Hall–Kier alpha value is -2.77. The van der Waals surface area contributed by atoms with Crippen LogP contribution in [-0.2, 0) is 4.79 Å². The molecule has 0 heterocycles. The topological polar surface area (TPSA) is 114 Å². The molecule has 2 aromatic carbocycles. The van der Waals surface area contributed by atoms with Gasteiger partial charge in [0.1, 0.15) is 18.4 Å². The molecule has 1 atom stereocenters. The van der Waals surface area contributed by atoms with E-state index in [4.69, 9.17) is 15.6 Å². The number of carbonyl (C=O) groups is 2. The zero-order valence-corrected chi connectivity index (χ0v) is 15.8. The Morgan fingerprint density at radius 3 is 2.48 bits per heavy atom. The molecular weight excluding hydrogens is 370 g/mol. The van der Waals surface area contributed by atoms with E-state index < -0.39 is 12.0 Å². The van der Waals surface area contributed by atoms with Gasteiger partial charge in [0.15, 0.2) is 0 Å². The number of anilines is 1. The van der Waals surface area contributed by atoms with Gasteiger partial charge in [0.25, 0.3) is 0 Å². The highest BCUT2D eigenvalue weighted by atomic mass is 35.5. The van der Waals surface area contributed by atoms with E-state index >= 15 is 0 Å². The minimum atomic E-state index is -1.11. The Morgan fingerprint density at radius 1 is 1.15 bits per heavy atom. The summed E-state index contributed by atoms with van der Waals surface area (Å²) in [7, 11) is 0. The number of nitrogens with one attached hydrogen (secondary N) is 2. The predicted molar refractivity (Wildman–Crippen MR) is 108 cm³/mol. The summed E-state index contributed by atoms with van der Waals surface area (Å²) < 4.78 is 5.44. The van der Waals surface area contributed by atoms with Crippen LogP contribution < -0.4 is 21.1 Å². The first-order valence-electron chi connectivity index (χ1n) is 8.36. The minimum absolute atomic E-state index is 0. The van der Waals surface area contributed by atoms with Gasteiger partial charge in [-0.1, -0.05) is 31.2 Å². The van der Waals surface area contributed by atoms with Gasteiger partial charge in [0.05, 0.1) is 0 Å². The van der Waals surface area contributed by atoms with Crippen molar-refractivity contribution in [3.05, 3.63) is 48.5 Å². The van der Waals surface area contributed by atoms with Crippen LogP contribution in [-0.4, -0.2) is 36.3 Å². The second kappa shape index (κ2) is 11.1. The molecule has 0 aliphatic rings. The lowest BCUT2D eigenvalue weighted by atomic mass is 10.0. The third-order valence-electron chi connectivity index (χ3n) is 3.57. The van der Waals surface area contributed by atoms with E-state index in [9.17, 15) is 9.59 Å². The lowest BCUT2D eigenvalue weighted by molar-refractivity contribution is -0.139. The number of carboxylic acids is 1. The van der Waals surface area contributed by atoms with Crippen LogP contribution in [0.1, 0.15) is 13.3 Å². The van der Waals surface area contributed by atoms with Crippen molar-refractivity contribution >= 4 is 30.1 Å². The number of aliphatic carboxylic acids is 1. The lowest BCUT2D eigenvalue weighted by Gasteiger charge is -2.11. The fourth-order valence-corrected chi connectivity index (χ4v) is 2.21. The van der Waals surface area contributed by atoms with E-state index in [1.807, 2.05) is 37.3 Å². The molecule has 0 aliphatic heterocycles. The van der Waals surface area contributed by atoms with Gasteiger partial charge < -0.3 is 26.2 Å². The number of urea groups is 1. The van der Waals surface area contributed by atoms with Gasteiger partial charge in [-0.2, -0.15) is 0 Å². The van der Waals surface area contributed by atoms with Gasteiger partial charge in [0.2, 0.25) is 0 Å². The Kier molecular flexibility index (Phi) is 9.12. The molecule has 0 unspecified atom stereocenters. The van der Waals surface area contributed by atoms with Crippen molar-refractivity contribution in [1.29, 1.82) is 0 Å². The number of benzene rings is 2. The van der Waals surface area contributed by atoms with Gasteiger partial charge in [-0.15, -0.1) is 12.4 Å². The Balaban J connectivity index is 0.00000364. The second-order valence-electron chi connectivity index (χ2n) is 5.75. The normalized spacial score (nSPS) is 11.0. The fraction of sp³-hybridized carbons (Fsp3) is 0.263. The smallest absolute Gasteiger partial charge is 0.324 e. The Bertz CT molecular complexity index is 770. The van der Waals surface area contributed by atoms with Crippen LogP contribution in [0.25, 0.3) is 11.1 Å². The van der Waals surface area contributed by atoms with E-state index in [0.29, 0.717) is 18.0 Å². The molecule has 0 aliphatic carbocycles. The summed E-state index contributed by atoms with van der Waals surface area (Å²) in [6, 6.07) is 13.3. The number of carbonyl (C=O) groups excluding carboxylic acids is 1. The van der Waals surface area contributed by atoms with Crippen molar-refractivity contribution in [2.75, 3.05) is 18.5 Å². The first-order chi connectivity index (χ1) is 12.5. The molecular formula is C19H24ClN3O4. The molecule has 0 aromatic heterocycles. The fourth-order valence-electron chi connectivity index (χ4n) is 2.21. The van der Waals surface area contributed by atoms with Crippen molar-refractivity contribution in [2.24, 2.45) is 5.73 Å². The molecule has 5 N–H and O–H groups in total. The standard InChI is InChI=1S/C19H23N3O4.ClH/c1-2-9-21-19(25)22-15-7-3-5-13(10-15)14-6-4-8-16(11-14)26-12-17(20)18(23)24;/h3-8,10-11,17H,2,9,12,20H2,1H3,(H,23,24)(H2,21,22,25);1H/t17-;/m0./s1. The van der Waals surface area contributed by atoms with Crippen LogP contribution in [0.15, 0.2) is 48.5 Å². The highest BCUT2D eigenvalue weighted by Gasteiger charge is 2.12. The van der Waals surface area contributed by atoms with E-state index in [1.165, 1.54) is 0 Å². The lowest BCUT2D eigenvalue weighted by Crippen LogP contribution is -2.36. The maximum Gasteiger partial charge on any atom is 0.324 e. The Labute approximate surface area is 164 Å². The van der Waals surface area contributed by atoms with Crippen molar-refractivity contribution in [3.63, 3.8) is 0 Å². The first-order valence-corrected chi connectivity index (χ1v) is 8.36. The van der Waals surface area contributed by atoms with Crippen LogP contribution >= 0.6 is 12.4 Å². The molecule has 0 radical (unpaired) electrons. The number of halogens is 1. The predicted octanol–water partition coefficient (Wildman–Crippen LogP) is 3.10. The van der Waals surface area contributed by atoms with Crippen LogP contribution in [0.5, 0.6) is 5.75 Å². The van der Waals surface area contributed by atoms with Gasteiger partial charge in [-0.05, 0) is 41.8 Å². The molecule has 8 heteroatoms. The van der Waals surface area contributed by atoms with Gasteiger partial charge >= 0.3 is 12.0 Å². The molecule has 2 aromatic rings. The van der Waals surface area contributed by atoms with Gasteiger partial charge in [-0.3, -0.25) is 4.79 Å². The van der Waals surface area contributed by atoms with E-state index in [2.05, 4.69) is 10.6 Å². The number of ether oxygens (including phenoxy) is 1. The molecule has 2 amide bonds. The zero-order chi connectivity index (χ0) is 18.9. The SMILES string of the molecule is CCCNC(=O)Nc1cccc(-c2cccc(OC[C@H](N)C(=O)O)c2)c1.Cl. The third kappa shape index (κ3) is 7.16. The molecule has 0 bridgehead atoms. The largest absolute Gasteiger partial charge is 0.491 e. The molecule has 0 fully saturated rings. The number of rotatable bonds is 8. The number of hydrogen-bond donors (Lipinski definition) is 4. The molecule has 0 saturated carbocycles. The highest BCUT2D eigenvalue weighted by molar-refractivity contribution is 5.90.